The third kappa shape index (κ3) is 5.55. The van der Waals surface area contributed by atoms with Gasteiger partial charge in [0.1, 0.15) is 0 Å². The molecule has 0 fully saturated rings. The van der Waals surface area contributed by atoms with Crippen molar-refractivity contribution in [3.63, 3.8) is 0 Å². The summed E-state index contributed by atoms with van der Waals surface area (Å²) in [7, 11) is 0. The predicted molar refractivity (Wildman–Crippen MR) is 140 cm³/mol. The van der Waals surface area contributed by atoms with Gasteiger partial charge in [0.25, 0.3) is 0 Å². The van der Waals surface area contributed by atoms with Gasteiger partial charge in [-0.25, -0.2) is 4.02 Å². The first kappa shape index (κ1) is 23.8. The molecule has 0 aliphatic carbocycles. The highest BCUT2D eigenvalue weighted by Gasteiger charge is 2.18. The zero-order valence-corrected chi connectivity index (χ0v) is 20.1. The molecule has 0 saturated carbocycles. The van der Waals surface area contributed by atoms with Crippen LogP contribution in [0.4, 0.5) is 0 Å². The summed E-state index contributed by atoms with van der Waals surface area (Å²) in [5.41, 5.74) is 20.6. The lowest BCUT2D eigenvalue weighted by atomic mass is 9.86. The predicted octanol–water partition coefficient (Wildman–Crippen LogP) is 6.60. The van der Waals surface area contributed by atoms with Crippen molar-refractivity contribution in [2.75, 3.05) is 0 Å². The lowest BCUT2D eigenvalue weighted by Gasteiger charge is -2.19. The Kier molecular flexibility index (Phi) is 8.75. The van der Waals surface area contributed by atoms with E-state index in [9.17, 15) is 0 Å². The Hall–Kier alpha value is -2.50. The normalized spacial score (nSPS) is 12.7. The van der Waals surface area contributed by atoms with E-state index in [1.807, 2.05) is 19.1 Å². The summed E-state index contributed by atoms with van der Waals surface area (Å²) in [5.74, 6) is 0. The van der Waals surface area contributed by atoms with Crippen LogP contribution in [-0.2, 0) is 0 Å². The molecule has 2 aromatic carbocycles. The number of hydrogen-bond acceptors (Lipinski definition) is 4. The molecule has 0 aliphatic rings. The van der Waals surface area contributed by atoms with Crippen LogP contribution in [0.15, 0.2) is 65.0 Å². The van der Waals surface area contributed by atoms with Crippen LogP contribution in [-0.4, -0.2) is 11.1 Å². The van der Waals surface area contributed by atoms with E-state index in [2.05, 4.69) is 70.9 Å². The zero-order valence-electron chi connectivity index (χ0n) is 17.7. The van der Waals surface area contributed by atoms with E-state index in [4.69, 9.17) is 23.7 Å². The highest BCUT2D eigenvalue weighted by Crippen LogP contribution is 2.34. The van der Waals surface area contributed by atoms with Crippen LogP contribution < -0.4 is 11.5 Å². The van der Waals surface area contributed by atoms with Crippen molar-refractivity contribution in [3.8, 4) is 0 Å². The van der Waals surface area contributed by atoms with Gasteiger partial charge in [-0.3, -0.25) is 0 Å². The molecule has 0 spiro atoms. The van der Waals surface area contributed by atoms with E-state index >= 15 is 0 Å². The van der Waals surface area contributed by atoms with Crippen molar-refractivity contribution >= 4 is 56.2 Å². The average Bonchev–Trinajstić information content (AvgIpc) is 2.72. The Balaban J connectivity index is 2.75. The lowest BCUT2D eigenvalue weighted by molar-refractivity contribution is 1.01. The number of rotatable bonds is 8. The standard InChI is InChI=1S/C25H28BrN3S/c1-5-6-24(30)25(18(4)28)22-12-11-20(21(14-27)15-29-26)13-23(22)17(3)19-9-7-16(2)8-10-19/h7-15H,3,5-6,27-28H2,1-2,4H3/b21-14+,25-18-,29-15+. The van der Waals surface area contributed by atoms with Crippen LogP contribution in [0.2, 0.25) is 0 Å². The van der Waals surface area contributed by atoms with Crippen LogP contribution in [0.5, 0.6) is 0 Å². The van der Waals surface area contributed by atoms with Crippen LogP contribution in [0.25, 0.3) is 16.7 Å². The Morgan fingerprint density at radius 3 is 2.30 bits per heavy atom. The summed E-state index contributed by atoms with van der Waals surface area (Å²) in [6.45, 7) is 10.5. The summed E-state index contributed by atoms with van der Waals surface area (Å²) < 4.78 is 3.93. The average molecular weight is 482 g/mol. The van der Waals surface area contributed by atoms with Crippen molar-refractivity contribution in [1.82, 2.24) is 0 Å². The van der Waals surface area contributed by atoms with E-state index in [1.165, 1.54) is 11.8 Å². The highest BCUT2D eigenvalue weighted by atomic mass is 79.9. The van der Waals surface area contributed by atoms with Gasteiger partial charge in [-0.05, 0) is 54.2 Å². The van der Waals surface area contributed by atoms with E-state index < -0.39 is 0 Å². The first-order valence-electron chi connectivity index (χ1n) is 9.80. The molecule has 3 nitrogen and oxygen atoms in total. The van der Waals surface area contributed by atoms with Crippen LogP contribution in [0.1, 0.15) is 54.5 Å². The number of thiocarbonyl (C=S) groups is 1. The molecule has 0 heterocycles. The molecule has 2 aromatic rings. The van der Waals surface area contributed by atoms with E-state index in [0.29, 0.717) is 5.70 Å². The Bertz CT molecular complexity index is 1030. The molecular weight excluding hydrogens is 454 g/mol. The van der Waals surface area contributed by atoms with Gasteiger partial charge >= 0.3 is 0 Å². The fourth-order valence-corrected chi connectivity index (χ4v) is 4.00. The Morgan fingerprint density at radius 1 is 1.13 bits per heavy atom. The van der Waals surface area contributed by atoms with Gasteiger partial charge < -0.3 is 11.5 Å². The van der Waals surface area contributed by atoms with Crippen molar-refractivity contribution in [2.45, 2.75) is 33.6 Å². The topological polar surface area (TPSA) is 64.4 Å². The van der Waals surface area contributed by atoms with Gasteiger partial charge in [0.15, 0.2) is 0 Å². The minimum absolute atomic E-state index is 0.704. The second-order valence-corrected chi connectivity index (χ2v) is 8.09. The number of hydrogen-bond donors (Lipinski definition) is 2. The molecule has 156 valence electrons. The maximum atomic E-state index is 6.30. The summed E-state index contributed by atoms with van der Waals surface area (Å²) in [6.07, 6.45) is 4.97. The van der Waals surface area contributed by atoms with Crippen molar-refractivity contribution < 1.29 is 0 Å². The largest absolute Gasteiger partial charge is 0.404 e. The number of allylic oxidation sites excluding steroid dienone is 3. The van der Waals surface area contributed by atoms with Crippen LogP contribution in [0, 0.1) is 6.92 Å². The number of nitrogens with zero attached hydrogens (tertiary/aromatic N) is 1. The minimum atomic E-state index is 0.704. The zero-order chi connectivity index (χ0) is 22.3. The lowest BCUT2D eigenvalue weighted by Crippen LogP contribution is -2.09. The third-order valence-corrected chi connectivity index (χ3v) is 5.48. The van der Waals surface area contributed by atoms with E-state index in [0.717, 1.165) is 56.7 Å². The molecule has 0 aromatic heterocycles. The second-order valence-electron chi connectivity index (χ2n) is 7.18. The van der Waals surface area contributed by atoms with Crippen LogP contribution >= 0.6 is 28.4 Å². The minimum Gasteiger partial charge on any atom is -0.404 e. The summed E-state index contributed by atoms with van der Waals surface area (Å²) in [4.78, 5) is 0.861. The third-order valence-electron chi connectivity index (χ3n) is 4.87. The van der Waals surface area contributed by atoms with E-state index in [-0.39, 0.29) is 0 Å². The molecule has 0 radical (unpaired) electrons. The van der Waals surface area contributed by atoms with Gasteiger partial charge in [0.2, 0.25) is 0 Å². The quantitative estimate of drug-likeness (QED) is 0.253. The number of benzene rings is 2. The number of halogens is 1. The van der Waals surface area contributed by atoms with Crippen LogP contribution in [0.3, 0.4) is 0 Å². The molecule has 0 bridgehead atoms. The van der Waals surface area contributed by atoms with Gasteiger partial charge in [0, 0.05) is 34.1 Å². The van der Waals surface area contributed by atoms with Crippen molar-refractivity contribution in [1.29, 1.82) is 0 Å². The first-order chi connectivity index (χ1) is 14.3. The number of nitrogens with two attached hydrogens (primary N) is 2. The summed E-state index contributed by atoms with van der Waals surface area (Å²) >= 11 is 8.82. The summed E-state index contributed by atoms with van der Waals surface area (Å²) in [5, 5.41) is 0. The fraction of sp³-hybridized carbons (Fsp3) is 0.200. The first-order valence-corrected chi connectivity index (χ1v) is 10.9. The Labute approximate surface area is 193 Å². The highest BCUT2D eigenvalue weighted by molar-refractivity contribution is 9.08. The number of aryl methyl sites for hydroxylation is 1. The Morgan fingerprint density at radius 2 is 1.77 bits per heavy atom. The fourth-order valence-electron chi connectivity index (χ4n) is 3.30. The maximum absolute atomic E-state index is 6.30. The molecule has 5 heteroatoms. The van der Waals surface area contributed by atoms with Gasteiger partial charge in [-0.15, -0.1) is 0 Å². The van der Waals surface area contributed by atoms with Gasteiger partial charge in [-0.1, -0.05) is 74.1 Å². The summed E-state index contributed by atoms with van der Waals surface area (Å²) in [6, 6.07) is 14.4. The van der Waals surface area contributed by atoms with Gasteiger partial charge in [-0.2, -0.15) is 0 Å². The van der Waals surface area contributed by atoms with Crippen molar-refractivity contribution in [3.05, 3.63) is 88.8 Å². The molecule has 0 unspecified atom stereocenters. The molecule has 0 aliphatic heterocycles. The smallest absolute Gasteiger partial charge is 0.0733 e. The van der Waals surface area contributed by atoms with Gasteiger partial charge in [0.05, 0.1) is 16.1 Å². The molecule has 0 saturated heterocycles. The molecule has 2 rings (SSSR count). The molecule has 4 N–H and O–H groups in total. The van der Waals surface area contributed by atoms with Crippen molar-refractivity contribution in [2.24, 2.45) is 15.5 Å². The van der Waals surface area contributed by atoms with E-state index in [1.54, 1.807) is 6.21 Å². The molecule has 0 amide bonds. The SMILES string of the molecule is C=C(c1ccc(C)cc1)c1cc(C(=C/N)/C=N/Br)ccc1/C(C(=S)CCC)=C(\C)N. The second kappa shape index (κ2) is 11.0. The molecule has 0 atom stereocenters. The molecular formula is C25H28BrN3S. The maximum Gasteiger partial charge on any atom is 0.0733 e. The monoisotopic (exact) mass is 481 g/mol. The molecule has 30 heavy (non-hydrogen) atoms.